The molecule has 0 amide bonds. The summed E-state index contributed by atoms with van der Waals surface area (Å²) in [6.07, 6.45) is 4.71. The molecule has 4 rings (SSSR count). The van der Waals surface area contributed by atoms with Gasteiger partial charge in [0.2, 0.25) is 0 Å². The van der Waals surface area contributed by atoms with E-state index in [1.54, 1.807) is 32.0 Å². The minimum Gasteiger partial charge on any atom is -0.494 e. The number of aryl methyl sites for hydroxylation is 1. The van der Waals surface area contributed by atoms with Crippen molar-refractivity contribution in [3.63, 3.8) is 0 Å². The van der Waals surface area contributed by atoms with E-state index in [2.05, 4.69) is 15.2 Å². The van der Waals surface area contributed by atoms with E-state index in [0.717, 1.165) is 41.1 Å². The van der Waals surface area contributed by atoms with Crippen LogP contribution in [0.2, 0.25) is 0 Å². The first-order valence-electron chi connectivity index (χ1n) is 9.26. The molecule has 28 heavy (non-hydrogen) atoms. The van der Waals surface area contributed by atoms with Crippen LogP contribution in [-0.4, -0.2) is 43.9 Å². The summed E-state index contributed by atoms with van der Waals surface area (Å²) in [5, 5.41) is 4.59. The number of hydrogen-bond donors (Lipinski definition) is 1. The first-order valence-corrected chi connectivity index (χ1v) is 9.26. The highest BCUT2D eigenvalue weighted by atomic mass is 16.5. The van der Waals surface area contributed by atoms with E-state index in [1.165, 1.54) is 6.42 Å². The van der Waals surface area contributed by atoms with Crippen molar-refractivity contribution in [1.82, 2.24) is 9.55 Å². The third-order valence-corrected chi connectivity index (χ3v) is 5.30. The second kappa shape index (κ2) is 7.07. The Labute approximate surface area is 163 Å². The van der Waals surface area contributed by atoms with Gasteiger partial charge < -0.3 is 24.3 Å². The number of hydrogen-bond acceptors (Lipinski definition) is 6. The number of fused-ring (bicyclic) bond motifs is 1. The molecular formula is C21H24N4O3. The van der Waals surface area contributed by atoms with Crippen molar-refractivity contribution in [3.8, 4) is 22.6 Å². The first kappa shape index (κ1) is 18.2. The summed E-state index contributed by atoms with van der Waals surface area (Å²) in [6.45, 7) is 1.99. The fraction of sp³-hybridized carbons (Fsp3) is 0.333. The van der Waals surface area contributed by atoms with Gasteiger partial charge in [0, 0.05) is 50.5 Å². The van der Waals surface area contributed by atoms with E-state index in [4.69, 9.17) is 9.47 Å². The number of methoxy groups -OCH3 is 2. The Morgan fingerprint density at radius 2 is 1.75 bits per heavy atom. The second-order valence-corrected chi connectivity index (χ2v) is 6.89. The number of nitrogens with zero attached hydrogens (tertiary/aromatic N) is 3. The second-order valence-electron chi connectivity index (χ2n) is 6.89. The van der Waals surface area contributed by atoms with Crippen molar-refractivity contribution in [2.45, 2.75) is 6.42 Å². The minimum atomic E-state index is -0.0628. The summed E-state index contributed by atoms with van der Waals surface area (Å²) in [6, 6.07) is 5.92. The summed E-state index contributed by atoms with van der Waals surface area (Å²) in [4.78, 5) is 19.4. The molecular weight excluding hydrogens is 356 g/mol. The van der Waals surface area contributed by atoms with Gasteiger partial charge in [0.1, 0.15) is 23.0 Å². The Morgan fingerprint density at radius 3 is 2.29 bits per heavy atom. The van der Waals surface area contributed by atoms with Crippen molar-refractivity contribution < 1.29 is 9.47 Å². The molecule has 3 heterocycles. The Morgan fingerprint density at radius 1 is 1.07 bits per heavy atom. The number of benzene rings is 1. The standard InChI is InChI=1S/C21H24N4O3/c1-22-20-17(27-3)8-13(9-18(20)28-4)16-12-24(2)21(26)15-11-23-19(10-14(15)16)25-6-5-7-25/h8-12,22H,5-7H2,1-4H3. The van der Waals surface area contributed by atoms with Crippen LogP contribution in [0.5, 0.6) is 11.5 Å². The quantitative estimate of drug-likeness (QED) is 0.734. The van der Waals surface area contributed by atoms with Crippen molar-refractivity contribution in [2.75, 3.05) is 44.6 Å². The highest BCUT2D eigenvalue weighted by molar-refractivity contribution is 5.97. The molecule has 0 aliphatic carbocycles. The van der Waals surface area contributed by atoms with E-state index < -0.39 is 0 Å². The number of anilines is 2. The summed E-state index contributed by atoms with van der Waals surface area (Å²) in [5.41, 5.74) is 2.56. The summed E-state index contributed by atoms with van der Waals surface area (Å²) >= 11 is 0. The Kier molecular flexibility index (Phi) is 4.58. The van der Waals surface area contributed by atoms with Crippen LogP contribution < -0.4 is 25.2 Å². The maximum Gasteiger partial charge on any atom is 0.259 e. The summed E-state index contributed by atoms with van der Waals surface area (Å²) in [5.74, 6) is 2.26. The number of rotatable bonds is 5. The largest absolute Gasteiger partial charge is 0.494 e. The Hall–Kier alpha value is -3.22. The zero-order valence-corrected chi connectivity index (χ0v) is 16.6. The smallest absolute Gasteiger partial charge is 0.259 e. The lowest BCUT2D eigenvalue weighted by molar-refractivity contribution is 0.398. The molecule has 1 fully saturated rings. The lowest BCUT2D eigenvalue weighted by Crippen LogP contribution is -2.37. The molecule has 0 bridgehead atoms. The predicted octanol–water partition coefficient (Wildman–Crippen LogP) is 2.87. The maximum atomic E-state index is 12.7. The lowest BCUT2D eigenvalue weighted by Gasteiger charge is -2.32. The van der Waals surface area contributed by atoms with Crippen molar-refractivity contribution >= 4 is 22.3 Å². The van der Waals surface area contributed by atoms with Crippen LogP contribution in [0.4, 0.5) is 11.5 Å². The van der Waals surface area contributed by atoms with Crippen molar-refractivity contribution in [2.24, 2.45) is 7.05 Å². The molecule has 0 unspecified atom stereocenters. The molecule has 146 valence electrons. The monoisotopic (exact) mass is 380 g/mol. The van der Waals surface area contributed by atoms with Gasteiger partial charge in [-0.3, -0.25) is 4.79 Å². The lowest BCUT2D eigenvalue weighted by atomic mass is 10.00. The number of pyridine rings is 2. The number of nitrogens with one attached hydrogen (secondary N) is 1. The first-order chi connectivity index (χ1) is 13.6. The van der Waals surface area contributed by atoms with Crippen LogP contribution in [-0.2, 0) is 7.05 Å². The Bertz CT molecular complexity index is 1080. The van der Waals surface area contributed by atoms with E-state index >= 15 is 0 Å². The molecule has 0 saturated carbocycles. The van der Waals surface area contributed by atoms with Crippen LogP contribution in [0, 0.1) is 0 Å². The van der Waals surface area contributed by atoms with Crippen LogP contribution in [0.25, 0.3) is 21.9 Å². The maximum absolute atomic E-state index is 12.7. The van der Waals surface area contributed by atoms with Gasteiger partial charge in [-0.1, -0.05) is 0 Å². The van der Waals surface area contributed by atoms with Gasteiger partial charge in [-0.05, 0) is 30.2 Å². The SMILES string of the molecule is CNc1c(OC)cc(-c2cn(C)c(=O)c3cnc(N4CCC4)cc23)cc1OC. The molecule has 7 heteroatoms. The zero-order valence-electron chi connectivity index (χ0n) is 16.6. The van der Waals surface area contributed by atoms with Gasteiger partial charge in [-0.25, -0.2) is 4.98 Å². The van der Waals surface area contributed by atoms with Gasteiger partial charge in [0.15, 0.2) is 0 Å². The van der Waals surface area contributed by atoms with Crippen LogP contribution in [0.15, 0.2) is 35.4 Å². The highest BCUT2D eigenvalue weighted by Crippen LogP contribution is 2.40. The fourth-order valence-corrected chi connectivity index (χ4v) is 3.61. The molecule has 1 saturated heterocycles. The van der Waals surface area contributed by atoms with Crippen LogP contribution >= 0.6 is 0 Å². The molecule has 7 nitrogen and oxygen atoms in total. The van der Waals surface area contributed by atoms with Crippen LogP contribution in [0.1, 0.15) is 6.42 Å². The topological polar surface area (TPSA) is 68.6 Å². The van der Waals surface area contributed by atoms with Crippen molar-refractivity contribution in [3.05, 3.63) is 40.9 Å². The third-order valence-electron chi connectivity index (χ3n) is 5.30. The van der Waals surface area contributed by atoms with E-state index in [9.17, 15) is 4.79 Å². The highest BCUT2D eigenvalue weighted by Gasteiger charge is 2.19. The predicted molar refractivity (Wildman–Crippen MR) is 112 cm³/mol. The van der Waals surface area contributed by atoms with Gasteiger partial charge >= 0.3 is 0 Å². The molecule has 3 aromatic rings. The van der Waals surface area contributed by atoms with E-state index in [0.29, 0.717) is 16.9 Å². The van der Waals surface area contributed by atoms with Gasteiger partial charge in [-0.15, -0.1) is 0 Å². The molecule has 0 radical (unpaired) electrons. The van der Waals surface area contributed by atoms with E-state index in [1.807, 2.05) is 31.4 Å². The van der Waals surface area contributed by atoms with Gasteiger partial charge in [0.25, 0.3) is 5.56 Å². The molecule has 0 atom stereocenters. The fourth-order valence-electron chi connectivity index (χ4n) is 3.61. The van der Waals surface area contributed by atoms with Crippen molar-refractivity contribution in [1.29, 1.82) is 0 Å². The third kappa shape index (κ3) is 2.83. The molecule has 0 spiro atoms. The number of aromatic nitrogens is 2. The molecule has 1 aliphatic heterocycles. The van der Waals surface area contributed by atoms with Crippen LogP contribution in [0.3, 0.4) is 0 Å². The zero-order chi connectivity index (χ0) is 19.8. The summed E-state index contributed by atoms with van der Waals surface area (Å²) in [7, 11) is 6.84. The minimum absolute atomic E-state index is 0.0628. The average molecular weight is 380 g/mol. The molecule has 1 aliphatic rings. The number of ether oxygens (including phenoxy) is 2. The average Bonchev–Trinajstić information content (AvgIpc) is 2.68. The van der Waals surface area contributed by atoms with E-state index in [-0.39, 0.29) is 5.56 Å². The van der Waals surface area contributed by atoms with Gasteiger partial charge in [0.05, 0.1) is 19.6 Å². The molecule has 2 aromatic heterocycles. The summed E-state index contributed by atoms with van der Waals surface area (Å²) < 4.78 is 12.7. The normalized spacial score (nSPS) is 13.4. The molecule has 1 N–H and O–H groups in total. The van der Waals surface area contributed by atoms with Gasteiger partial charge in [-0.2, -0.15) is 0 Å². The Balaban J connectivity index is 2.00. The molecule has 1 aromatic carbocycles.